The maximum Gasteiger partial charge on any atom is 0.354 e. The Morgan fingerprint density at radius 3 is 1.36 bits per heavy atom. The maximum atomic E-state index is 11.7. The maximum absolute atomic E-state index is 11.7. The molecule has 0 unspecified atom stereocenters. The summed E-state index contributed by atoms with van der Waals surface area (Å²) in [5.41, 5.74) is 9.06. The molecular weight excluding hydrogens is 548 g/mol. The Labute approximate surface area is 256 Å². The van der Waals surface area contributed by atoms with E-state index in [4.69, 9.17) is 11.6 Å². The second-order valence-electron chi connectivity index (χ2n) is 13.0. The average molecular weight is 593 g/mol. The van der Waals surface area contributed by atoms with Crippen LogP contribution in [0.5, 0.6) is 0 Å². The quantitative estimate of drug-likeness (QED) is 0.229. The number of carbonyl (C=O) groups is 2. The lowest BCUT2D eigenvalue weighted by atomic mass is 9.92. The first-order valence-corrected chi connectivity index (χ1v) is 14.5. The van der Waals surface area contributed by atoms with Gasteiger partial charge in [0.1, 0.15) is 11.4 Å². The van der Waals surface area contributed by atoms with Crippen LogP contribution in [0.4, 0.5) is 0 Å². The van der Waals surface area contributed by atoms with Crippen LogP contribution in [0.15, 0.2) is 48.5 Å². The molecule has 4 aromatic rings. The zero-order chi connectivity index (χ0) is 31.6. The van der Waals surface area contributed by atoms with E-state index >= 15 is 0 Å². The Morgan fingerprint density at radius 1 is 0.714 bits per heavy atom. The smallest absolute Gasteiger partial charge is 0.354 e. The van der Waals surface area contributed by atoms with Crippen molar-refractivity contribution in [3.05, 3.63) is 105 Å². The number of aromatic carboxylic acids is 1. The first kappa shape index (κ1) is 32.8. The minimum Gasteiger partial charge on any atom is -0.477 e. The van der Waals surface area contributed by atoms with Crippen molar-refractivity contribution in [1.29, 1.82) is 0 Å². The Kier molecular flexibility index (Phi) is 9.88. The highest BCUT2D eigenvalue weighted by Gasteiger charge is 2.24. The summed E-state index contributed by atoms with van der Waals surface area (Å²) in [7, 11) is 0. The topological polar surface area (TPSA) is 90.0 Å². The number of rotatable bonds is 6. The summed E-state index contributed by atoms with van der Waals surface area (Å²) in [5.74, 6) is -0.941. The molecule has 0 spiro atoms. The van der Waals surface area contributed by atoms with Gasteiger partial charge in [-0.25, -0.2) is 4.79 Å². The largest absolute Gasteiger partial charge is 0.477 e. The van der Waals surface area contributed by atoms with E-state index < -0.39 is 11.2 Å². The summed E-state index contributed by atoms with van der Waals surface area (Å²) in [6.07, 6.45) is 0. The van der Waals surface area contributed by atoms with E-state index in [-0.39, 0.29) is 18.0 Å². The van der Waals surface area contributed by atoms with E-state index in [0.29, 0.717) is 18.8 Å². The fourth-order valence-electron chi connectivity index (χ4n) is 4.63. The fourth-order valence-corrected chi connectivity index (χ4v) is 4.79. The molecule has 0 aliphatic rings. The van der Waals surface area contributed by atoms with E-state index in [1.807, 2.05) is 58.9 Å². The molecule has 2 aromatic heterocycles. The lowest BCUT2D eigenvalue weighted by Gasteiger charge is -2.15. The Balaban J connectivity index is 0.000000293. The minimum absolute atomic E-state index is 0. The molecule has 0 fully saturated rings. The van der Waals surface area contributed by atoms with Gasteiger partial charge in [0.2, 0.25) is 0 Å². The number of halogens is 1. The Hall–Kier alpha value is -3.71. The zero-order valence-electron chi connectivity index (χ0n) is 26.5. The Morgan fingerprint density at radius 2 is 1.05 bits per heavy atom. The molecule has 1 N–H and O–H groups in total. The molecule has 42 heavy (non-hydrogen) atoms. The number of carbonyl (C=O) groups excluding carboxylic acids is 1. The van der Waals surface area contributed by atoms with Crippen molar-refractivity contribution < 1.29 is 16.1 Å². The third kappa shape index (κ3) is 7.77. The minimum atomic E-state index is -0.941. The van der Waals surface area contributed by atoms with Crippen molar-refractivity contribution in [1.82, 2.24) is 19.6 Å². The van der Waals surface area contributed by atoms with Gasteiger partial charge >= 0.3 is 5.97 Å². The number of carboxylic acids is 1. The predicted molar refractivity (Wildman–Crippen MR) is 171 cm³/mol. The molecule has 2 aromatic carbocycles. The number of carboxylic acid groups (broad SMARTS) is 1. The molecule has 0 aliphatic carbocycles. The molecule has 0 amide bonds. The van der Waals surface area contributed by atoms with Gasteiger partial charge in [-0.1, -0.05) is 77.9 Å². The van der Waals surface area contributed by atoms with Crippen LogP contribution in [-0.4, -0.2) is 35.9 Å². The summed E-state index contributed by atoms with van der Waals surface area (Å²) in [6.45, 7) is 21.6. The van der Waals surface area contributed by atoms with Gasteiger partial charge in [0.15, 0.2) is 0 Å². The monoisotopic (exact) mass is 592 g/mol. The molecule has 226 valence electrons. The normalized spacial score (nSPS) is 11.7. The standard InChI is InChI=1S/C17H21ClN2O.C17H22N2O2.H2/c1-11-7-6-8-12(2)13(11)10-20-14(16(18)21)9-15(19-20)17(3,4)5;1-11-7-6-8-12(2)13(11)10-19-14(16(20)21)9-15(18-19)17(3,4)5;/h6-9H,10H2,1-5H3;6-9H,10H2,1-5H3,(H,20,21);1H. The number of hydrogen-bond donors (Lipinski definition) is 1. The van der Waals surface area contributed by atoms with E-state index in [2.05, 4.69) is 56.9 Å². The highest BCUT2D eigenvalue weighted by Crippen LogP contribution is 2.25. The molecular formula is C34H45ClN4O3. The molecule has 0 saturated carbocycles. The number of aromatic nitrogens is 4. The molecule has 0 saturated heterocycles. The van der Waals surface area contributed by atoms with Crippen LogP contribution in [-0.2, 0) is 23.9 Å². The number of aryl methyl sites for hydroxylation is 4. The fraction of sp³-hybridized carbons (Fsp3) is 0.412. The molecule has 2 heterocycles. The average Bonchev–Trinajstić information content (AvgIpc) is 3.49. The number of benzene rings is 2. The summed E-state index contributed by atoms with van der Waals surface area (Å²) < 4.78 is 3.31. The lowest BCUT2D eigenvalue weighted by molar-refractivity contribution is 0.0683. The van der Waals surface area contributed by atoms with Gasteiger partial charge in [0.25, 0.3) is 5.24 Å². The highest BCUT2D eigenvalue weighted by atomic mass is 35.5. The van der Waals surface area contributed by atoms with Gasteiger partial charge in [-0.3, -0.25) is 14.2 Å². The Bertz CT molecular complexity index is 1450. The van der Waals surface area contributed by atoms with Crippen LogP contribution in [0.2, 0.25) is 0 Å². The van der Waals surface area contributed by atoms with Crippen LogP contribution in [0, 0.1) is 27.7 Å². The van der Waals surface area contributed by atoms with Crippen molar-refractivity contribution in [2.75, 3.05) is 0 Å². The van der Waals surface area contributed by atoms with Gasteiger partial charge in [-0.15, -0.1) is 0 Å². The molecule has 0 aliphatic heterocycles. The summed E-state index contributed by atoms with van der Waals surface area (Å²) in [6, 6.07) is 15.7. The van der Waals surface area contributed by atoms with E-state index in [0.717, 1.165) is 28.1 Å². The SMILES string of the molecule is Cc1cccc(C)c1Cn1nc(C(C)(C)C)cc1C(=O)Cl.Cc1cccc(C)c1Cn1nc(C(C)(C)C)cc1C(=O)O.[HH]. The number of hydrogen-bond acceptors (Lipinski definition) is 4. The third-order valence-electron chi connectivity index (χ3n) is 7.42. The van der Waals surface area contributed by atoms with Gasteiger partial charge in [-0.2, -0.15) is 10.2 Å². The van der Waals surface area contributed by atoms with Crippen LogP contribution in [0.25, 0.3) is 0 Å². The van der Waals surface area contributed by atoms with Gasteiger partial charge in [0, 0.05) is 12.3 Å². The first-order valence-electron chi connectivity index (χ1n) is 14.1. The van der Waals surface area contributed by atoms with E-state index in [9.17, 15) is 14.7 Å². The van der Waals surface area contributed by atoms with E-state index in [1.54, 1.807) is 21.5 Å². The van der Waals surface area contributed by atoms with Gasteiger partial charge < -0.3 is 5.11 Å². The van der Waals surface area contributed by atoms with Crippen molar-refractivity contribution in [2.24, 2.45) is 0 Å². The van der Waals surface area contributed by atoms with Crippen LogP contribution < -0.4 is 0 Å². The molecule has 7 nitrogen and oxygen atoms in total. The van der Waals surface area contributed by atoms with Crippen LogP contribution in [0.3, 0.4) is 0 Å². The molecule has 8 heteroatoms. The molecule has 0 radical (unpaired) electrons. The van der Waals surface area contributed by atoms with Crippen molar-refractivity contribution >= 4 is 22.8 Å². The number of nitrogens with zero attached hydrogens (tertiary/aromatic N) is 4. The second-order valence-corrected chi connectivity index (χ2v) is 13.3. The first-order chi connectivity index (χ1) is 19.4. The highest BCUT2D eigenvalue weighted by molar-refractivity contribution is 6.67. The molecule has 4 rings (SSSR count). The molecule has 0 bridgehead atoms. The molecule has 0 atom stereocenters. The van der Waals surface area contributed by atoms with Crippen molar-refractivity contribution in [3.63, 3.8) is 0 Å². The zero-order valence-corrected chi connectivity index (χ0v) is 27.2. The van der Waals surface area contributed by atoms with Crippen LogP contribution in [0.1, 0.15) is 109 Å². The van der Waals surface area contributed by atoms with Gasteiger partial charge in [0.05, 0.1) is 24.5 Å². The van der Waals surface area contributed by atoms with Crippen LogP contribution >= 0.6 is 11.6 Å². The second kappa shape index (κ2) is 12.7. The van der Waals surface area contributed by atoms with E-state index in [1.165, 1.54) is 16.7 Å². The van der Waals surface area contributed by atoms with Crippen molar-refractivity contribution in [3.8, 4) is 0 Å². The summed E-state index contributed by atoms with van der Waals surface area (Å²) in [5, 5.41) is 18.0. The van der Waals surface area contributed by atoms with Gasteiger partial charge in [-0.05, 0) is 84.8 Å². The predicted octanol–water partition coefficient (Wildman–Crippen LogP) is 8.01. The summed E-state index contributed by atoms with van der Waals surface area (Å²) in [4.78, 5) is 23.1. The van der Waals surface area contributed by atoms with Crippen molar-refractivity contribution in [2.45, 2.75) is 93.2 Å². The lowest BCUT2D eigenvalue weighted by Crippen LogP contribution is -2.15. The third-order valence-corrected chi connectivity index (χ3v) is 7.62. The summed E-state index contributed by atoms with van der Waals surface area (Å²) >= 11 is 5.72.